The topological polar surface area (TPSA) is 34.1 Å². The van der Waals surface area contributed by atoms with E-state index in [1.807, 2.05) is 31.2 Å². The van der Waals surface area contributed by atoms with E-state index in [2.05, 4.69) is 27.4 Å². The summed E-state index contributed by atoms with van der Waals surface area (Å²) >= 11 is 0. The highest BCUT2D eigenvalue weighted by molar-refractivity contribution is 7.91. The van der Waals surface area contributed by atoms with Gasteiger partial charge in [0.15, 0.2) is 9.84 Å². The summed E-state index contributed by atoms with van der Waals surface area (Å²) in [5, 5.41) is 0. The zero-order valence-corrected chi connectivity index (χ0v) is 15.0. The fraction of sp³-hybridized carbons (Fsp3) is 0.474. The fourth-order valence-electron chi connectivity index (χ4n) is 2.33. The van der Waals surface area contributed by atoms with Crippen LogP contribution < -0.4 is 0 Å². The van der Waals surface area contributed by atoms with Gasteiger partial charge in [0.2, 0.25) is 0 Å². The summed E-state index contributed by atoms with van der Waals surface area (Å²) in [6, 6.07) is 7.00. The lowest BCUT2D eigenvalue weighted by Crippen LogP contribution is -2.17. The van der Waals surface area contributed by atoms with Crippen LogP contribution in [0.5, 0.6) is 0 Å². The maximum absolute atomic E-state index is 12.2. The highest BCUT2D eigenvalue weighted by Crippen LogP contribution is 2.30. The van der Waals surface area contributed by atoms with Crippen molar-refractivity contribution in [3.63, 3.8) is 0 Å². The van der Waals surface area contributed by atoms with Crippen molar-refractivity contribution in [2.75, 3.05) is 5.75 Å². The van der Waals surface area contributed by atoms with Gasteiger partial charge < -0.3 is 0 Å². The number of hydrogen-bond acceptors (Lipinski definition) is 2. The zero-order chi connectivity index (χ0) is 16.8. The SMILES string of the molecule is C=CC(CC/C=C/CS(=O)(=O)c1ccc(C)cc1)C(C)(C)C. The molecule has 0 amide bonds. The van der Waals surface area contributed by atoms with Gasteiger partial charge in [0.1, 0.15) is 0 Å². The van der Waals surface area contributed by atoms with Crippen LogP contribution in [0, 0.1) is 18.3 Å². The Hall–Kier alpha value is -1.35. The summed E-state index contributed by atoms with van der Waals surface area (Å²) in [5.74, 6) is 0.496. The molecule has 0 aliphatic rings. The Bertz CT molecular complexity index is 602. The minimum absolute atomic E-state index is 0.0599. The summed E-state index contributed by atoms with van der Waals surface area (Å²) < 4.78 is 24.4. The Morgan fingerprint density at radius 2 is 1.73 bits per heavy atom. The van der Waals surface area contributed by atoms with Crippen LogP contribution in [0.2, 0.25) is 0 Å². The van der Waals surface area contributed by atoms with Crippen LogP contribution in [0.15, 0.2) is 54.0 Å². The molecule has 1 rings (SSSR count). The maximum atomic E-state index is 12.2. The Balaban J connectivity index is 2.55. The molecule has 3 heteroatoms. The van der Waals surface area contributed by atoms with Gasteiger partial charge in [0, 0.05) is 0 Å². The quantitative estimate of drug-likeness (QED) is 0.666. The molecule has 0 spiro atoms. The molecular formula is C19H28O2S. The van der Waals surface area contributed by atoms with Crippen molar-refractivity contribution >= 4 is 9.84 Å². The summed E-state index contributed by atoms with van der Waals surface area (Å²) in [6.45, 7) is 12.4. The highest BCUT2D eigenvalue weighted by Gasteiger charge is 2.20. The Morgan fingerprint density at radius 3 is 2.23 bits per heavy atom. The number of rotatable bonds is 7. The molecule has 0 saturated carbocycles. The van der Waals surface area contributed by atoms with E-state index in [0.717, 1.165) is 18.4 Å². The van der Waals surface area contributed by atoms with Crippen LogP contribution in [0.4, 0.5) is 0 Å². The standard InChI is InChI=1S/C19H28O2S/c1-6-17(19(3,4)5)10-8-7-9-15-22(20,21)18-13-11-16(2)12-14-18/h6-7,9,11-14,17H,1,8,10,15H2,2-5H3/b9-7+. The lowest BCUT2D eigenvalue weighted by molar-refractivity contribution is 0.280. The molecule has 0 radical (unpaired) electrons. The third kappa shape index (κ3) is 5.80. The first-order valence-electron chi connectivity index (χ1n) is 7.74. The molecule has 0 fully saturated rings. The second-order valence-corrected chi connectivity index (χ2v) is 8.89. The lowest BCUT2D eigenvalue weighted by Gasteiger charge is -2.27. The van der Waals surface area contributed by atoms with Crippen LogP contribution in [0.1, 0.15) is 39.2 Å². The van der Waals surface area contributed by atoms with Gasteiger partial charge >= 0.3 is 0 Å². The van der Waals surface area contributed by atoms with Gasteiger partial charge in [-0.3, -0.25) is 0 Å². The normalized spacial score (nSPS) is 14.2. The summed E-state index contributed by atoms with van der Waals surface area (Å²) in [7, 11) is -3.22. The number of hydrogen-bond donors (Lipinski definition) is 0. The first-order chi connectivity index (χ1) is 10.2. The third-order valence-electron chi connectivity index (χ3n) is 3.90. The van der Waals surface area contributed by atoms with Crippen LogP contribution in [-0.4, -0.2) is 14.2 Å². The van der Waals surface area contributed by atoms with Crippen LogP contribution in [0.25, 0.3) is 0 Å². The molecule has 1 aromatic rings. The molecule has 0 heterocycles. The van der Waals surface area contributed by atoms with E-state index in [9.17, 15) is 8.42 Å². The van der Waals surface area contributed by atoms with Gasteiger partial charge in [-0.15, -0.1) is 6.58 Å². The third-order valence-corrected chi connectivity index (χ3v) is 5.53. The molecule has 1 aromatic carbocycles. The molecule has 22 heavy (non-hydrogen) atoms. The van der Waals surface area contributed by atoms with E-state index < -0.39 is 9.84 Å². The zero-order valence-electron chi connectivity index (χ0n) is 14.2. The average molecular weight is 320 g/mol. The Kier molecular flexibility index (Phi) is 6.61. The van der Waals surface area contributed by atoms with Crippen molar-refractivity contribution in [2.24, 2.45) is 11.3 Å². The molecule has 0 aliphatic carbocycles. The van der Waals surface area contributed by atoms with Gasteiger partial charge in [-0.25, -0.2) is 8.42 Å². The minimum atomic E-state index is -3.22. The van der Waals surface area contributed by atoms with E-state index in [4.69, 9.17) is 0 Å². The molecule has 1 atom stereocenters. The molecule has 2 nitrogen and oxygen atoms in total. The van der Waals surface area contributed by atoms with E-state index in [0.29, 0.717) is 10.8 Å². The van der Waals surface area contributed by atoms with Crippen molar-refractivity contribution in [3.05, 3.63) is 54.6 Å². The predicted octanol–water partition coefficient (Wildman–Crippen LogP) is 4.95. The largest absolute Gasteiger partial charge is 0.223 e. The first-order valence-corrected chi connectivity index (χ1v) is 9.39. The van der Waals surface area contributed by atoms with Crippen molar-refractivity contribution in [1.29, 1.82) is 0 Å². The highest BCUT2D eigenvalue weighted by atomic mass is 32.2. The average Bonchev–Trinajstić information content (AvgIpc) is 2.41. The van der Waals surface area contributed by atoms with E-state index in [1.165, 1.54) is 0 Å². The minimum Gasteiger partial charge on any atom is -0.223 e. The molecular weight excluding hydrogens is 292 g/mol. The number of aryl methyl sites for hydroxylation is 1. The summed E-state index contributed by atoms with van der Waals surface area (Å²) in [6.07, 6.45) is 7.59. The van der Waals surface area contributed by atoms with Crippen molar-refractivity contribution in [3.8, 4) is 0 Å². The number of sulfone groups is 1. The molecule has 0 saturated heterocycles. The van der Waals surface area contributed by atoms with Gasteiger partial charge in [-0.2, -0.15) is 0 Å². The molecule has 122 valence electrons. The summed E-state index contributed by atoms with van der Waals surface area (Å²) in [4.78, 5) is 0.390. The summed E-state index contributed by atoms with van der Waals surface area (Å²) in [5.41, 5.74) is 1.26. The molecule has 0 aromatic heterocycles. The van der Waals surface area contributed by atoms with Crippen molar-refractivity contribution in [2.45, 2.75) is 45.4 Å². The Labute approximate surface area is 135 Å². The van der Waals surface area contributed by atoms with Crippen molar-refractivity contribution < 1.29 is 8.42 Å². The van der Waals surface area contributed by atoms with E-state index in [-0.39, 0.29) is 11.2 Å². The van der Waals surface area contributed by atoms with Gasteiger partial charge in [-0.05, 0) is 43.2 Å². The Morgan fingerprint density at radius 1 is 1.14 bits per heavy atom. The second-order valence-electron chi connectivity index (χ2n) is 6.85. The first kappa shape index (κ1) is 18.7. The number of benzene rings is 1. The van der Waals surface area contributed by atoms with E-state index >= 15 is 0 Å². The molecule has 0 bridgehead atoms. The van der Waals surface area contributed by atoms with E-state index in [1.54, 1.807) is 18.2 Å². The molecule has 0 N–H and O–H groups in total. The van der Waals surface area contributed by atoms with Gasteiger partial charge in [-0.1, -0.05) is 56.7 Å². The predicted molar refractivity (Wildman–Crippen MR) is 94.7 cm³/mol. The maximum Gasteiger partial charge on any atom is 0.181 e. The second kappa shape index (κ2) is 7.77. The van der Waals surface area contributed by atoms with Crippen LogP contribution in [0.3, 0.4) is 0 Å². The van der Waals surface area contributed by atoms with Crippen LogP contribution in [-0.2, 0) is 9.84 Å². The van der Waals surface area contributed by atoms with Crippen LogP contribution >= 0.6 is 0 Å². The number of allylic oxidation sites excluding steroid dienone is 2. The van der Waals surface area contributed by atoms with Gasteiger partial charge in [0.25, 0.3) is 0 Å². The monoisotopic (exact) mass is 320 g/mol. The molecule has 0 aliphatic heterocycles. The van der Waals surface area contributed by atoms with Gasteiger partial charge in [0.05, 0.1) is 10.6 Å². The molecule has 1 unspecified atom stereocenters. The lowest BCUT2D eigenvalue weighted by atomic mass is 9.78. The smallest absolute Gasteiger partial charge is 0.181 e. The van der Waals surface area contributed by atoms with Crippen molar-refractivity contribution in [1.82, 2.24) is 0 Å². The fourth-order valence-corrected chi connectivity index (χ4v) is 3.47.